The third-order valence-corrected chi connectivity index (χ3v) is 2.43. The fourth-order valence-corrected chi connectivity index (χ4v) is 1.58. The highest BCUT2D eigenvalue weighted by atomic mass is 19.1. The van der Waals surface area contributed by atoms with Crippen LogP contribution in [0, 0.1) is 5.82 Å². The molecule has 0 radical (unpaired) electrons. The number of hydrogen-bond acceptors (Lipinski definition) is 4. The van der Waals surface area contributed by atoms with E-state index in [0.717, 1.165) is 6.20 Å². The van der Waals surface area contributed by atoms with Crippen molar-refractivity contribution in [2.24, 2.45) is 0 Å². The van der Waals surface area contributed by atoms with Crippen molar-refractivity contribution in [2.45, 2.75) is 0 Å². The maximum atomic E-state index is 13.0. The second-order valence-electron chi connectivity index (χ2n) is 3.62. The van der Waals surface area contributed by atoms with Crippen LogP contribution in [0.2, 0.25) is 0 Å². The Morgan fingerprint density at radius 1 is 1.33 bits per heavy atom. The number of hydrogen-bond donors (Lipinski definition) is 1. The topological polar surface area (TPSA) is 59.4 Å². The minimum atomic E-state index is -0.547. The molecule has 1 aromatic carbocycles. The maximum absolute atomic E-state index is 13.0. The average molecular weight is 247 g/mol. The van der Waals surface area contributed by atoms with Gasteiger partial charge in [-0.3, -0.25) is 4.98 Å². The molecule has 92 valence electrons. The molecule has 4 nitrogen and oxygen atoms in total. The van der Waals surface area contributed by atoms with Gasteiger partial charge in [0, 0.05) is 17.3 Å². The van der Waals surface area contributed by atoms with Gasteiger partial charge in [0.25, 0.3) is 0 Å². The molecule has 2 aromatic rings. The Bertz CT molecular complexity index is 599. The highest BCUT2D eigenvalue weighted by molar-refractivity contribution is 5.91. The van der Waals surface area contributed by atoms with Gasteiger partial charge in [0.15, 0.2) is 0 Å². The van der Waals surface area contributed by atoms with Crippen LogP contribution >= 0.6 is 0 Å². The van der Waals surface area contributed by atoms with Gasteiger partial charge in [-0.15, -0.1) is 0 Å². The minimum Gasteiger partial charge on any atom is -0.507 e. The minimum absolute atomic E-state index is 0.134. The van der Waals surface area contributed by atoms with Crippen molar-refractivity contribution < 1.29 is 19.0 Å². The zero-order valence-electron chi connectivity index (χ0n) is 9.55. The molecule has 0 spiro atoms. The standard InChI is InChI=1S/C13H10FNO3/c1-18-13(17)8-2-3-11(12(16)5-8)9-4-10(14)7-15-6-9/h2-7,16H,1H3. The van der Waals surface area contributed by atoms with E-state index in [1.54, 1.807) is 0 Å². The average Bonchev–Trinajstić information content (AvgIpc) is 2.37. The van der Waals surface area contributed by atoms with Gasteiger partial charge in [-0.05, 0) is 24.3 Å². The molecular weight excluding hydrogens is 237 g/mol. The van der Waals surface area contributed by atoms with E-state index in [1.165, 1.54) is 37.6 Å². The number of benzene rings is 1. The summed E-state index contributed by atoms with van der Waals surface area (Å²) in [6.45, 7) is 0. The predicted octanol–water partition coefficient (Wildman–Crippen LogP) is 2.38. The maximum Gasteiger partial charge on any atom is 0.337 e. The Morgan fingerprint density at radius 2 is 2.11 bits per heavy atom. The number of pyridine rings is 1. The molecule has 0 aliphatic carbocycles. The molecule has 0 atom stereocenters. The number of nitrogens with zero attached hydrogens (tertiary/aromatic N) is 1. The number of ether oxygens (including phenoxy) is 1. The summed E-state index contributed by atoms with van der Waals surface area (Å²) in [6, 6.07) is 5.52. The third kappa shape index (κ3) is 2.29. The van der Waals surface area contributed by atoms with E-state index in [4.69, 9.17) is 0 Å². The van der Waals surface area contributed by atoms with Gasteiger partial charge >= 0.3 is 5.97 Å². The predicted molar refractivity (Wildman–Crippen MR) is 62.6 cm³/mol. The first-order chi connectivity index (χ1) is 8.61. The zero-order chi connectivity index (χ0) is 13.1. The molecule has 0 saturated heterocycles. The van der Waals surface area contributed by atoms with Crippen molar-refractivity contribution in [3.8, 4) is 16.9 Å². The Kier molecular flexibility index (Phi) is 3.23. The monoisotopic (exact) mass is 247 g/mol. The molecule has 0 amide bonds. The Balaban J connectivity index is 2.45. The number of esters is 1. The largest absolute Gasteiger partial charge is 0.507 e. The summed E-state index contributed by atoms with van der Waals surface area (Å²) in [5.74, 6) is -1.18. The zero-order valence-corrected chi connectivity index (χ0v) is 9.55. The normalized spacial score (nSPS) is 10.1. The van der Waals surface area contributed by atoms with Gasteiger partial charge in [0.05, 0.1) is 18.9 Å². The van der Waals surface area contributed by atoms with E-state index in [1.807, 2.05) is 0 Å². The van der Waals surface area contributed by atoms with E-state index in [0.29, 0.717) is 11.1 Å². The number of carbonyl (C=O) groups is 1. The van der Waals surface area contributed by atoms with Gasteiger partial charge < -0.3 is 9.84 Å². The molecule has 0 unspecified atom stereocenters. The number of aromatic nitrogens is 1. The fraction of sp³-hybridized carbons (Fsp3) is 0.0769. The summed E-state index contributed by atoms with van der Waals surface area (Å²) in [4.78, 5) is 15.0. The quantitative estimate of drug-likeness (QED) is 0.828. The van der Waals surface area contributed by atoms with Gasteiger partial charge in [0.1, 0.15) is 11.6 Å². The molecule has 0 saturated carbocycles. The molecule has 0 aliphatic heterocycles. The molecule has 5 heteroatoms. The van der Waals surface area contributed by atoms with Crippen molar-refractivity contribution in [3.05, 3.63) is 48.0 Å². The van der Waals surface area contributed by atoms with E-state index in [2.05, 4.69) is 9.72 Å². The van der Waals surface area contributed by atoms with Gasteiger partial charge in [-0.1, -0.05) is 0 Å². The number of phenols is 1. The van der Waals surface area contributed by atoms with Crippen molar-refractivity contribution in [2.75, 3.05) is 7.11 Å². The van der Waals surface area contributed by atoms with Crippen molar-refractivity contribution >= 4 is 5.97 Å². The molecule has 0 aliphatic rings. The number of aromatic hydroxyl groups is 1. The van der Waals surface area contributed by atoms with Crippen molar-refractivity contribution in [1.82, 2.24) is 4.98 Å². The molecule has 1 heterocycles. The van der Waals surface area contributed by atoms with Crippen LogP contribution in [-0.2, 0) is 4.74 Å². The lowest BCUT2D eigenvalue weighted by molar-refractivity contribution is 0.0600. The highest BCUT2D eigenvalue weighted by Gasteiger charge is 2.11. The Labute approximate surface area is 103 Å². The van der Waals surface area contributed by atoms with Crippen LogP contribution < -0.4 is 0 Å². The Morgan fingerprint density at radius 3 is 2.72 bits per heavy atom. The number of halogens is 1. The lowest BCUT2D eigenvalue weighted by atomic mass is 10.0. The summed E-state index contributed by atoms with van der Waals surface area (Å²) in [7, 11) is 1.25. The van der Waals surface area contributed by atoms with E-state index >= 15 is 0 Å². The van der Waals surface area contributed by atoms with Crippen LogP contribution in [0.15, 0.2) is 36.7 Å². The van der Waals surface area contributed by atoms with E-state index < -0.39 is 11.8 Å². The molecule has 1 N–H and O–H groups in total. The lowest BCUT2D eigenvalue weighted by Crippen LogP contribution is -2.00. The number of methoxy groups -OCH3 is 1. The second kappa shape index (κ2) is 4.83. The summed E-state index contributed by atoms with van der Waals surface area (Å²) >= 11 is 0. The molecule has 18 heavy (non-hydrogen) atoms. The number of carbonyl (C=O) groups excluding carboxylic acids is 1. The van der Waals surface area contributed by atoms with Gasteiger partial charge in [0.2, 0.25) is 0 Å². The van der Waals surface area contributed by atoms with Crippen molar-refractivity contribution in [1.29, 1.82) is 0 Å². The number of phenolic OH excluding ortho intramolecular Hbond substituents is 1. The second-order valence-corrected chi connectivity index (χ2v) is 3.62. The summed E-state index contributed by atoms with van der Waals surface area (Å²) < 4.78 is 17.6. The molecule has 2 rings (SSSR count). The van der Waals surface area contributed by atoms with Crippen LogP contribution in [-0.4, -0.2) is 23.2 Å². The molecule has 0 bridgehead atoms. The van der Waals surface area contributed by atoms with Crippen LogP contribution in [0.3, 0.4) is 0 Å². The lowest BCUT2D eigenvalue weighted by Gasteiger charge is -2.06. The van der Waals surface area contributed by atoms with Gasteiger partial charge in [-0.25, -0.2) is 9.18 Å². The van der Waals surface area contributed by atoms with Crippen molar-refractivity contribution in [3.63, 3.8) is 0 Å². The number of rotatable bonds is 2. The molecular formula is C13H10FNO3. The van der Waals surface area contributed by atoms with Crippen LogP contribution in [0.5, 0.6) is 5.75 Å². The molecule has 1 aromatic heterocycles. The summed E-state index contributed by atoms with van der Waals surface area (Å²) in [5, 5.41) is 9.82. The first-order valence-electron chi connectivity index (χ1n) is 5.14. The summed E-state index contributed by atoms with van der Waals surface area (Å²) in [5.41, 5.74) is 1.06. The van der Waals surface area contributed by atoms with E-state index in [-0.39, 0.29) is 11.3 Å². The van der Waals surface area contributed by atoms with Crippen LogP contribution in [0.1, 0.15) is 10.4 Å². The molecule has 0 fully saturated rings. The van der Waals surface area contributed by atoms with Crippen LogP contribution in [0.4, 0.5) is 4.39 Å². The van der Waals surface area contributed by atoms with E-state index in [9.17, 15) is 14.3 Å². The highest BCUT2D eigenvalue weighted by Crippen LogP contribution is 2.29. The van der Waals surface area contributed by atoms with Crippen LogP contribution in [0.25, 0.3) is 11.1 Å². The first kappa shape index (κ1) is 12.0. The summed E-state index contributed by atoms with van der Waals surface area (Å²) in [6.07, 6.45) is 2.50. The first-order valence-corrected chi connectivity index (χ1v) is 5.14. The SMILES string of the molecule is COC(=O)c1ccc(-c2cncc(F)c2)c(O)c1. The third-order valence-electron chi connectivity index (χ3n) is 2.43. The Hall–Kier alpha value is -2.43. The smallest absolute Gasteiger partial charge is 0.337 e. The fourth-order valence-electron chi connectivity index (χ4n) is 1.58. The van der Waals surface area contributed by atoms with Gasteiger partial charge in [-0.2, -0.15) is 0 Å².